The monoisotopic (exact) mass is 337 g/mol. The maximum Gasteiger partial charge on any atom is 0.240 e. The molecule has 0 unspecified atom stereocenters. The van der Waals surface area contributed by atoms with Gasteiger partial charge in [0.1, 0.15) is 5.65 Å². The fraction of sp³-hybridized carbons (Fsp3) is 0.133. The highest BCUT2D eigenvalue weighted by molar-refractivity contribution is 7.89. The molecule has 2 aromatic heterocycles. The van der Waals surface area contributed by atoms with Gasteiger partial charge in [0.05, 0.1) is 10.6 Å². The first-order chi connectivity index (χ1) is 11.0. The van der Waals surface area contributed by atoms with Gasteiger partial charge in [0.2, 0.25) is 10.0 Å². The van der Waals surface area contributed by atoms with Crippen molar-refractivity contribution >= 4 is 15.7 Å². The topological polar surface area (TPSA) is 63.5 Å². The summed E-state index contributed by atoms with van der Waals surface area (Å²) in [6.07, 6.45) is 4.03. The number of aromatic nitrogens is 2. The van der Waals surface area contributed by atoms with Crippen LogP contribution in [0.25, 0.3) is 5.65 Å². The van der Waals surface area contributed by atoms with Gasteiger partial charge in [-0.2, -0.15) is 0 Å². The number of halogens is 2. The Balaban J connectivity index is 1.68. The van der Waals surface area contributed by atoms with Crippen LogP contribution in [0.5, 0.6) is 0 Å². The van der Waals surface area contributed by atoms with Crippen LogP contribution in [0.4, 0.5) is 8.78 Å². The molecule has 0 aliphatic heterocycles. The van der Waals surface area contributed by atoms with Crippen molar-refractivity contribution in [1.82, 2.24) is 14.1 Å². The predicted molar refractivity (Wildman–Crippen MR) is 80.4 cm³/mol. The molecule has 0 bridgehead atoms. The molecule has 0 saturated heterocycles. The zero-order valence-corrected chi connectivity index (χ0v) is 12.7. The fourth-order valence-electron chi connectivity index (χ4n) is 2.15. The van der Waals surface area contributed by atoms with Crippen LogP contribution in [-0.2, 0) is 16.4 Å². The zero-order valence-electron chi connectivity index (χ0n) is 11.9. The zero-order chi connectivity index (χ0) is 16.4. The lowest BCUT2D eigenvalue weighted by molar-refractivity contribution is 0.504. The molecule has 2 heterocycles. The molecule has 23 heavy (non-hydrogen) atoms. The standard InChI is InChI=1S/C15H13F2N3O2S/c16-13-5-4-12(9-14(13)17)23(21,22)18-7-6-11-10-20-8-2-1-3-15(20)19-11/h1-5,8-10,18H,6-7H2. The van der Waals surface area contributed by atoms with Crippen molar-refractivity contribution < 1.29 is 17.2 Å². The third-order valence-corrected chi connectivity index (χ3v) is 4.75. The molecule has 1 N–H and O–H groups in total. The van der Waals surface area contributed by atoms with Gasteiger partial charge < -0.3 is 4.40 Å². The van der Waals surface area contributed by atoms with Gasteiger partial charge in [-0.25, -0.2) is 26.9 Å². The lowest BCUT2D eigenvalue weighted by Crippen LogP contribution is -2.26. The summed E-state index contributed by atoms with van der Waals surface area (Å²) in [7, 11) is -3.89. The van der Waals surface area contributed by atoms with E-state index in [9.17, 15) is 17.2 Å². The van der Waals surface area contributed by atoms with Gasteiger partial charge in [0.15, 0.2) is 11.6 Å². The molecule has 0 atom stereocenters. The molecule has 0 spiro atoms. The second-order valence-corrected chi connectivity index (χ2v) is 6.69. The first-order valence-electron chi connectivity index (χ1n) is 6.83. The van der Waals surface area contributed by atoms with Crippen molar-refractivity contribution in [3.05, 3.63) is 66.1 Å². The summed E-state index contributed by atoms with van der Waals surface area (Å²) in [6.45, 7) is 0.102. The number of imidazole rings is 1. The number of nitrogens with zero attached hydrogens (tertiary/aromatic N) is 2. The molecule has 1 aromatic carbocycles. The molecule has 0 fully saturated rings. The van der Waals surface area contributed by atoms with Gasteiger partial charge in [0, 0.05) is 25.4 Å². The van der Waals surface area contributed by atoms with Crippen LogP contribution < -0.4 is 4.72 Å². The van der Waals surface area contributed by atoms with Crippen LogP contribution in [0.15, 0.2) is 53.7 Å². The van der Waals surface area contributed by atoms with E-state index in [0.29, 0.717) is 12.5 Å². The van der Waals surface area contributed by atoms with E-state index in [1.54, 1.807) is 6.20 Å². The van der Waals surface area contributed by atoms with Gasteiger partial charge in [-0.1, -0.05) is 6.07 Å². The molecule has 120 valence electrons. The van der Waals surface area contributed by atoms with E-state index in [0.717, 1.165) is 23.5 Å². The summed E-state index contributed by atoms with van der Waals surface area (Å²) in [6, 6.07) is 8.03. The Morgan fingerprint density at radius 2 is 1.96 bits per heavy atom. The molecule has 3 aromatic rings. The Hall–Kier alpha value is -2.32. The minimum absolute atomic E-state index is 0.102. The second-order valence-electron chi connectivity index (χ2n) is 4.92. The molecule has 0 aliphatic rings. The van der Waals surface area contributed by atoms with Gasteiger partial charge in [-0.15, -0.1) is 0 Å². The van der Waals surface area contributed by atoms with Crippen LogP contribution in [0.1, 0.15) is 5.69 Å². The van der Waals surface area contributed by atoms with E-state index in [4.69, 9.17) is 0 Å². The fourth-order valence-corrected chi connectivity index (χ4v) is 3.19. The van der Waals surface area contributed by atoms with Crippen molar-refractivity contribution in [2.75, 3.05) is 6.54 Å². The van der Waals surface area contributed by atoms with Crippen molar-refractivity contribution in [3.8, 4) is 0 Å². The van der Waals surface area contributed by atoms with Gasteiger partial charge in [0.25, 0.3) is 0 Å². The smallest absolute Gasteiger partial charge is 0.240 e. The predicted octanol–water partition coefficient (Wildman–Crippen LogP) is 2.13. The molecule has 0 radical (unpaired) electrons. The van der Waals surface area contributed by atoms with E-state index >= 15 is 0 Å². The molecule has 8 heteroatoms. The third kappa shape index (κ3) is 3.38. The molecule has 0 aliphatic carbocycles. The normalized spacial score (nSPS) is 11.9. The number of rotatable bonds is 5. The molecule has 3 rings (SSSR count). The first kappa shape index (κ1) is 15.6. The largest absolute Gasteiger partial charge is 0.307 e. The average molecular weight is 337 g/mol. The maximum absolute atomic E-state index is 13.1. The number of fused-ring (bicyclic) bond motifs is 1. The summed E-state index contributed by atoms with van der Waals surface area (Å²) in [5.74, 6) is -2.29. The Morgan fingerprint density at radius 1 is 1.13 bits per heavy atom. The van der Waals surface area contributed by atoms with Crippen molar-refractivity contribution in [2.45, 2.75) is 11.3 Å². The number of hydrogen-bond acceptors (Lipinski definition) is 3. The lowest BCUT2D eigenvalue weighted by atomic mass is 10.3. The number of nitrogens with one attached hydrogen (secondary N) is 1. The highest BCUT2D eigenvalue weighted by Crippen LogP contribution is 2.13. The number of benzene rings is 1. The average Bonchev–Trinajstić information content (AvgIpc) is 2.92. The van der Waals surface area contributed by atoms with E-state index in [2.05, 4.69) is 9.71 Å². The minimum atomic E-state index is -3.89. The molecular formula is C15H13F2N3O2S. The van der Waals surface area contributed by atoms with Crippen molar-refractivity contribution in [1.29, 1.82) is 0 Å². The van der Waals surface area contributed by atoms with Crippen LogP contribution in [0, 0.1) is 11.6 Å². The van der Waals surface area contributed by atoms with E-state index in [1.807, 2.05) is 28.8 Å². The van der Waals surface area contributed by atoms with Gasteiger partial charge in [-0.05, 0) is 30.3 Å². The van der Waals surface area contributed by atoms with Crippen molar-refractivity contribution in [3.63, 3.8) is 0 Å². The number of sulfonamides is 1. The second kappa shape index (κ2) is 6.05. The Bertz CT molecular complexity index is 921. The quantitative estimate of drug-likeness (QED) is 0.776. The molecular weight excluding hydrogens is 324 g/mol. The van der Waals surface area contributed by atoms with E-state index < -0.39 is 21.7 Å². The van der Waals surface area contributed by atoms with Crippen LogP contribution in [0.3, 0.4) is 0 Å². The summed E-state index contributed by atoms with van der Waals surface area (Å²) in [5.41, 5.74) is 1.50. The Labute approximate surface area is 131 Å². The summed E-state index contributed by atoms with van der Waals surface area (Å²) >= 11 is 0. The molecule has 5 nitrogen and oxygen atoms in total. The van der Waals surface area contributed by atoms with Crippen LogP contribution in [-0.4, -0.2) is 24.3 Å². The third-order valence-electron chi connectivity index (χ3n) is 3.29. The lowest BCUT2D eigenvalue weighted by Gasteiger charge is -2.06. The van der Waals surface area contributed by atoms with Crippen LogP contribution >= 0.6 is 0 Å². The highest BCUT2D eigenvalue weighted by atomic mass is 32.2. The molecule has 0 saturated carbocycles. The summed E-state index contributed by atoms with van der Waals surface area (Å²) in [5, 5.41) is 0. The Morgan fingerprint density at radius 3 is 2.70 bits per heavy atom. The maximum atomic E-state index is 13.1. The van der Waals surface area contributed by atoms with Crippen molar-refractivity contribution in [2.24, 2.45) is 0 Å². The van der Waals surface area contributed by atoms with Gasteiger partial charge in [-0.3, -0.25) is 0 Å². The van der Waals surface area contributed by atoms with E-state index in [-0.39, 0.29) is 11.4 Å². The highest BCUT2D eigenvalue weighted by Gasteiger charge is 2.16. The van der Waals surface area contributed by atoms with Gasteiger partial charge >= 0.3 is 0 Å². The minimum Gasteiger partial charge on any atom is -0.307 e. The first-order valence-corrected chi connectivity index (χ1v) is 8.31. The van der Waals surface area contributed by atoms with E-state index in [1.165, 1.54) is 0 Å². The number of pyridine rings is 1. The van der Waals surface area contributed by atoms with Crippen LogP contribution in [0.2, 0.25) is 0 Å². The molecule has 0 amide bonds. The number of hydrogen-bond donors (Lipinski definition) is 1. The summed E-state index contributed by atoms with van der Waals surface area (Å²) in [4.78, 5) is 4.04. The Kier molecular flexibility index (Phi) is 4.10. The summed E-state index contributed by atoms with van der Waals surface area (Å²) < 4.78 is 54.2. The SMILES string of the molecule is O=S(=O)(NCCc1cn2ccccc2n1)c1ccc(F)c(F)c1.